The lowest BCUT2D eigenvalue weighted by atomic mass is 10.00. The van der Waals surface area contributed by atoms with Crippen molar-refractivity contribution in [2.45, 2.75) is 211 Å². The van der Waals surface area contributed by atoms with Crippen LogP contribution >= 0.6 is 0 Å². The average Bonchev–Trinajstić information content (AvgIpc) is 3.22. The van der Waals surface area contributed by atoms with Crippen LogP contribution in [0.25, 0.3) is 0 Å². The van der Waals surface area contributed by atoms with E-state index in [2.05, 4.69) is 74.6 Å². The highest BCUT2D eigenvalue weighted by Crippen LogP contribution is 2.24. The highest BCUT2D eigenvalue weighted by Gasteiger charge is 2.46. The van der Waals surface area contributed by atoms with E-state index in [0.29, 0.717) is 12.8 Å². The molecule has 0 bridgehead atoms. The van der Waals surface area contributed by atoms with Gasteiger partial charge >= 0.3 is 11.9 Å². The Morgan fingerprint density at radius 2 is 1.03 bits per heavy atom. The number of unbranched alkanes of at least 4 members (excludes halogenated alkanes) is 16. The quantitative estimate of drug-likeness (QED) is 0.0199. The molecule has 12 nitrogen and oxygen atoms in total. The third-order valence-corrected chi connectivity index (χ3v) is 11.1. The number of carbonyl (C=O) groups is 2. The molecule has 0 radical (unpaired) electrons. The Balaban J connectivity index is 2.37. The molecular weight excluding hydrogens is 801 g/mol. The summed E-state index contributed by atoms with van der Waals surface area (Å²) in [7, 11) is -4.60. The maximum atomic E-state index is 12.8. The van der Waals surface area contributed by atoms with Gasteiger partial charge in [0, 0.05) is 12.8 Å². The zero-order valence-electron chi connectivity index (χ0n) is 37.5. The second-order valence-corrected chi connectivity index (χ2v) is 17.5. The average molecular weight is 883 g/mol. The van der Waals surface area contributed by atoms with Gasteiger partial charge < -0.3 is 34.3 Å². The number of allylic oxidation sites excluding steroid dienone is 10. The van der Waals surface area contributed by atoms with E-state index in [1.54, 1.807) is 0 Å². The van der Waals surface area contributed by atoms with Crippen LogP contribution in [-0.4, -0.2) is 96.0 Å². The third kappa shape index (κ3) is 32.7. The Bertz CT molecular complexity index is 1360. The fraction of sp³-hybridized carbons (Fsp3) is 0.750. The van der Waals surface area contributed by atoms with Gasteiger partial charge in [0.1, 0.15) is 36.8 Å². The van der Waals surface area contributed by atoms with Gasteiger partial charge in [0.05, 0.1) is 6.61 Å². The number of hydrogen-bond acceptors (Lipinski definition) is 11. The summed E-state index contributed by atoms with van der Waals surface area (Å²) in [5, 5.41) is 30.9. The normalized spacial score (nSPS) is 20.5. The number of aliphatic hydroxyl groups excluding tert-OH is 3. The van der Waals surface area contributed by atoms with Crippen LogP contribution in [0.4, 0.5) is 0 Å². The number of hydrogen-bond donors (Lipinski definition) is 4. The van der Waals surface area contributed by atoms with Gasteiger partial charge in [-0.15, -0.1) is 0 Å². The highest BCUT2D eigenvalue weighted by atomic mass is 32.2. The minimum absolute atomic E-state index is 0.155. The minimum Gasteiger partial charge on any atom is -0.462 e. The minimum atomic E-state index is -4.60. The maximum Gasteiger partial charge on any atom is 0.306 e. The lowest BCUT2D eigenvalue weighted by Crippen LogP contribution is -2.60. The molecule has 0 aromatic carbocycles. The van der Waals surface area contributed by atoms with Crippen molar-refractivity contribution in [1.82, 2.24) is 0 Å². The molecule has 1 rings (SSSR count). The number of rotatable bonds is 38. The van der Waals surface area contributed by atoms with Crippen LogP contribution in [0.15, 0.2) is 60.8 Å². The Kier molecular flexibility index (Phi) is 35.0. The van der Waals surface area contributed by atoms with E-state index in [4.69, 9.17) is 18.9 Å². The Hall–Kier alpha value is -2.65. The Labute approximate surface area is 368 Å². The third-order valence-electron chi connectivity index (χ3n) is 10.3. The SMILES string of the molecule is CC/C=C\C/C=C\C/C=C\C/C=C\CCCCCCCCCCCCC(=O)OC(COC(=O)CCCCCCC/C=C\CCC)COC1OC(CS(=O)(=O)O)C(O)C(O)C1O. The molecule has 352 valence electrons. The van der Waals surface area contributed by atoms with Crippen LogP contribution in [0.2, 0.25) is 0 Å². The molecule has 4 N–H and O–H groups in total. The zero-order chi connectivity index (χ0) is 44.8. The molecule has 0 spiro atoms. The Morgan fingerprint density at radius 1 is 0.574 bits per heavy atom. The van der Waals surface area contributed by atoms with Crippen molar-refractivity contribution in [2.75, 3.05) is 19.0 Å². The van der Waals surface area contributed by atoms with Gasteiger partial charge in [-0.3, -0.25) is 14.1 Å². The molecule has 1 fully saturated rings. The molecule has 13 heteroatoms. The molecule has 1 saturated heterocycles. The van der Waals surface area contributed by atoms with Crippen LogP contribution < -0.4 is 0 Å². The Morgan fingerprint density at radius 3 is 1.56 bits per heavy atom. The number of aliphatic hydroxyl groups is 3. The second-order valence-electron chi connectivity index (χ2n) is 16.0. The van der Waals surface area contributed by atoms with Gasteiger partial charge in [0.15, 0.2) is 12.4 Å². The first-order valence-corrected chi connectivity index (χ1v) is 25.0. The summed E-state index contributed by atoms with van der Waals surface area (Å²) in [4.78, 5) is 25.4. The first-order chi connectivity index (χ1) is 29.5. The van der Waals surface area contributed by atoms with E-state index in [0.717, 1.165) is 103 Å². The predicted octanol–water partition coefficient (Wildman–Crippen LogP) is 9.73. The lowest BCUT2D eigenvalue weighted by molar-refractivity contribution is -0.297. The van der Waals surface area contributed by atoms with Crippen LogP contribution in [0.1, 0.15) is 174 Å². The van der Waals surface area contributed by atoms with Crippen LogP contribution in [0, 0.1) is 0 Å². The van der Waals surface area contributed by atoms with Gasteiger partial charge in [-0.2, -0.15) is 8.42 Å². The van der Waals surface area contributed by atoms with Crippen LogP contribution in [-0.2, 0) is 38.7 Å². The molecule has 61 heavy (non-hydrogen) atoms. The molecule has 0 aliphatic carbocycles. The second kappa shape index (κ2) is 37.9. The molecule has 0 saturated carbocycles. The summed E-state index contributed by atoms with van der Waals surface area (Å²) >= 11 is 0. The standard InChI is InChI=1S/C48H82O12S/c1-3-5-7-9-11-13-15-16-17-18-19-20-21-22-23-24-25-26-27-29-31-33-35-37-44(50)59-41(38-57-43(49)36-34-32-30-28-14-12-10-8-6-4-2)39-58-48-47(53)46(52)45(51)42(60-48)40-61(54,55)56/h5,7-8,10-11,13,16-17,19-20,41-42,45-48,51-53H,3-4,6,9,12,14-15,18,21-40H2,1-2H3,(H,54,55,56)/b7-5-,10-8-,13-11-,17-16-,20-19-. The zero-order valence-corrected chi connectivity index (χ0v) is 38.3. The van der Waals surface area contributed by atoms with Gasteiger partial charge in [-0.1, -0.05) is 152 Å². The van der Waals surface area contributed by atoms with E-state index in [9.17, 15) is 37.9 Å². The van der Waals surface area contributed by atoms with Gasteiger partial charge in [0.2, 0.25) is 0 Å². The summed E-state index contributed by atoms with van der Waals surface area (Å²) < 4.78 is 54.0. The summed E-state index contributed by atoms with van der Waals surface area (Å²) in [6.07, 6.45) is 37.0. The van der Waals surface area contributed by atoms with E-state index >= 15 is 0 Å². The summed E-state index contributed by atoms with van der Waals surface area (Å²) in [6, 6.07) is 0. The predicted molar refractivity (Wildman–Crippen MR) is 242 cm³/mol. The van der Waals surface area contributed by atoms with E-state index in [1.807, 2.05) is 0 Å². The van der Waals surface area contributed by atoms with Crippen molar-refractivity contribution in [3.05, 3.63) is 60.8 Å². The summed E-state index contributed by atoms with van der Waals surface area (Å²) in [5.74, 6) is -2.01. The maximum absolute atomic E-state index is 12.8. The molecule has 0 aromatic rings. The molecule has 0 amide bonds. The van der Waals surface area contributed by atoms with E-state index in [-0.39, 0.29) is 19.4 Å². The van der Waals surface area contributed by atoms with E-state index in [1.165, 1.54) is 32.1 Å². The smallest absolute Gasteiger partial charge is 0.306 e. The molecular formula is C48H82O12S. The topological polar surface area (TPSA) is 186 Å². The van der Waals surface area contributed by atoms with E-state index < -0.39 is 71.2 Å². The number of esters is 2. The van der Waals surface area contributed by atoms with Gasteiger partial charge in [-0.05, 0) is 70.6 Å². The summed E-state index contributed by atoms with van der Waals surface area (Å²) in [5.41, 5.74) is 0. The molecule has 6 unspecified atom stereocenters. The fourth-order valence-electron chi connectivity index (χ4n) is 6.73. The van der Waals surface area contributed by atoms with Crippen molar-refractivity contribution in [3.63, 3.8) is 0 Å². The highest BCUT2D eigenvalue weighted by molar-refractivity contribution is 7.85. The summed E-state index contributed by atoms with van der Waals surface area (Å²) in [6.45, 7) is 3.56. The molecule has 1 aliphatic heterocycles. The molecule has 0 aromatic heterocycles. The van der Waals surface area contributed by atoms with Crippen LogP contribution in [0.3, 0.4) is 0 Å². The van der Waals surface area contributed by atoms with Crippen molar-refractivity contribution in [3.8, 4) is 0 Å². The number of carbonyl (C=O) groups excluding carboxylic acids is 2. The van der Waals surface area contributed by atoms with Gasteiger partial charge in [0.25, 0.3) is 10.1 Å². The van der Waals surface area contributed by atoms with Crippen molar-refractivity contribution in [1.29, 1.82) is 0 Å². The number of ether oxygens (including phenoxy) is 4. The van der Waals surface area contributed by atoms with Crippen molar-refractivity contribution < 1.29 is 56.8 Å². The fourth-order valence-corrected chi connectivity index (χ4v) is 7.42. The molecule has 1 aliphatic rings. The van der Waals surface area contributed by atoms with Crippen molar-refractivity contribution in [2.24, 2.45) is 0 Å². The lowest BCUT2D eigenvalue weighted by Gasteiger charge is -2.40. The monoisotopic (exact) mass is 883 g/mol. The largest absolute Gasteiger partial charge is 0.462 e. The first-order valence-electron chi connectivity index (χ1n) is 23.3. The van der Waals surface area contributed by atoms with Crippen molar-refractivity contribution >= 4 is 22.1 Å². The van der Waals surface area contributed by atoms with Gasteiger partial charge in [-0.25, -0.2) is 0 Å². The molecule has 6 atom stereocenters. The van der Waals surface area contributed by atoms with Crippen LogP contribution in [0.5, 0.6) is 0 Å². The molecule has 1 heterocycles. The first kappa shape index (κ1) is 56.4.